The molecule has 3 rings (SSSR count). The number of phenolic OH excluding ortho intramolecular Hbond substituents is 3. The Bertz CT molecular complexity index is 991. The highest BCUT2D eigenvalue weighted by atomic mass is 16.7. The van der Waals surface area contributed by atoms with Gasteiger partial charge in [-0.15, -0.1) is 0 Å². The Hall–Kier alpha value is -3.09. The lowest BCUT2D eigenvalue weighted by Crippen LogP contribution is -2.60. The van der Waals surface area contributed by atoms with E-state index in [2.05, 4.69) is 0 Å². The summed E-state index contributed by atoms with van der Waals surface area (Å²) in [6.07, 6.45) is -7.81. The SMILES string of the molecule is COc1cc(CCC(=O)c2c(O)cc(O)cc2O[C@@H]2OC(CO)[C@@H](O)[C@H](O)C2O)ccc1O. The van der Waals surface area contributed by atoms with E-state index in [4.69, 9.17) is 14.2 Å². The summed E-state index contributed by atoms with van der Waals surface area (Å²) in [5.41, 5.74) is 0.378. The van der Waals surface area contributed by atoms with E-state index in [1.807, 2.05) is 0 Å². The minimum atomic E-state index is -1.75. The average Bonchev–Trinajstić information content (AvgIpc) is 2.78. The molecular formula is C22H26O11. The Morgan fingerprint density at radius 2 is 1.70 bits per heavy atom. The van der Waals surface area contributed by atoms with Gasteiger partial charge in [0.2, 0.25) is 6.29 Å². The van der Waals surface area contributed by atoms with Gasteiger partial charge in [-0.25, -0.2) is 0 Å². The zero-order valence-corrected chi connectivity index (χ0v) is 17.7. The van der Waals surface area contributed by atoms with E-state index in [1.165, 1.54) is 13.2 Å². The van der Waals surface area contributed by atoms with Crippen LogP contribution in [0.5, 0.6) is 28.7 Å². The molecular weight excluding hydrogens is 440 g/mol. The molecule has 11 nitrogen and oxygen atoms in total. The number of ether oxygens (including phenoxy) is 3. The van der Waals surface area contributed by atoms with Crippen LogP contribution in [0, 0.1) is 0 Å². The molecule has 11 heteroatoms. The molecule has 1 fully saturated rings. The highest BCUT2D eigenvalue weighted by molar-refractivity contribution is 6.01. The number of phenols is 3. The summed E-state index contributed by atoms with van der Waals surface area (Å²) in [4.78, 5) is 12.9. The molecule has 1 aliphatic rings. The molecule has 2 aromatic rings. The first-order valence-electron chi connectivity index (χ1n) is 10.1. The molecule has 0 radical (unpaired) electrons. The Morgan fingerprint density at radius 3 is 2.36 bits per heavy atom. The second-order valence-electron chi connectivity index (χ2n) is 7.58. The zero-order valence-electron chi connectivity index (χ0n) is 17.7. The molecule has 0 spiro atoms. The quantitative estimate of drug-likeness (QED) is 0.256. The van der Waals surface area contributed by atoms with Gasteiger partial charge in [0.1, 0.15) is 47.2 Å². The number of benzene rings is 2. The maximum absolute atomic E-state index is 12.9. The third-order valence-corrected chi connectivity index (χ3v) is 5.32. The topological polar surface area (TPSA) is 186 Å². The van der Waals surface area contributed by atoms with Crippen LogP contribution in [0.25, 0.3) is 0 Å². The van der Waals surface area contributed by atoms with E-state index in [9.17, 15) is 40.5 Å². The van der Waals surface area contributed by atoms with E-state index >= 15 is 0 Å². The van der Waals surface area contributed by atoms with Gasteiger partial charge < -0.3 is 50.0 Å². The number of Topliss-reactive ketones (excluding diaryl/α,β-unsaturated/α-hetero) is 1. The van der Waals surface area contributed by atoms with Crippen molar-refractivity contribution in [3.05, 3.63) is 41.5 Å². The summed E-state index contributed by atoms with van der Waals surface area (Å²) in [5.74, 6) is -1.74. The molecule has 33 heavy (non-hydrogen) atoms. The number of hydrogen-bond donors (Lipinski definition) is 7. The number of hydrogen-bond acceptors (Lipinski definition) is 11. The first kappa shape index (κ1) is 24.6. The van der Waals surface area contributed by atoms with Crippen molar-refractivity contribution in [1.29, 1.82) is 0 Å². The van der Waals surface area contributed by atoms with Crippen molar-refractivity contribution in [2.24, 2.45) is 0 Å². The number of aliphatic hydroxyl groups is 4. The molecule has 1 aliphatic heterocycles. The fourth-order valence-electron chi connectivity index (χ4n) is 3.51. The molecule has 7 N–H and O–H groups in total. The molecule has 0 amide bonds. The molecule has 0 saturated carbocycles. The number of ketones is 1. The summed E-state index contributed by atoms with van der Waals surface area (Å²) in [6, 6.07) is 6.55. The number of aryl methyl sites for hydroxylation is 1. The average molecular weight is 466 g/mol. The van der Waals surface area contributed by atoms with Crippen molar-refractivity contribution < 1.29 is 54.8 Å². The molecule has 1 heterocycles. The number of methoxy groups -OCH3 is 1. The summed E-state index contributed by atoms with van der Waals surface area (Å²) in [6.45, 7) is -0.683. The highest BCUT2D eigenvalue weighted by Gasteiger charge is 2.45. The summed E-state index contributed by atoms with van der Waals surface area (Å²) in [7, 11) is 1.39. The second-order valence-corrected chi connectivity index (χ2v) is 7.58. The molecule has 2 aromatic carbocycles. The predicted molar refractivity (Wildman–Crippen MR) is 111 cm³/mol. The van der Waals surface area contributed by atoms with Crippen molar-refractivity contribution >= 4 is 5.78 Å². The third kappa shape index (κ3) is 5.29. The van der Waals surface area contributed by atoms with Crippen LogP contribution in [0.15, 0.2) is 30.3 Å². The van der Waals surface area contributed by atoms with Gasteiger partial charge in [-0.05, 0) is 24.1 Å². The summed E-state index contributed by atoms with van der Waals surface area (Å²) in [5, 5.41) is 69.2. The monoisotopic (exact) mass is 466 g/mol. The van der Waals surface area contributed by atoms with E-state index in [0.29, 0.717) is 5.56 Å². The largest absolute Gasteiger partial charge is 0.508 e. The van der Waals surface area contributed by atoms with Gasteiger partial charge in [0.05, 0.1) is 13.7 Å². The van der Waals surface area contributed by atoms with Gasteiger partial charge in [0.15, 0.2) is 17.3 Å². The number of aliphatic hydroxyl groups excluding tert-OH is 4. The lowest BCUT2D eigenvalue weighted by Gasteiger charge is -2.39. The summed E-state index contributed by atoms with van der Waals surface area (Å²) >= 11 is 0. The van der Waals surface area contributed by atoms with E-state index in [0.717, 1.165) is 12.1 Å². The lowest BCUT2D eigenvalue weighted by molar-refractivity contribution is -0.277. The fourth-order valence-corrected chi connectivity index (χ4v) is 3.51. The van der Waals surface area contributed by atoms with Gasteiger partial charge in [-0.2, -0.15) is 0 Å². The van der Waals surface area contributed by atoms with Crippen molar-refractivity contribution in [2.45, 2.75) is 43.5 Å². The first-order valence-corrected chi connectivity index (χ1v) is 10.1. The van der Waals surface area contributed by atoms with Crippen LogP contribution in [-0.4, -0.2) is 86.0 Å². The van der Waals surface area contributed by atoms with E-state index < -0.39 is 54.6 Å². The third-order valence-electron chi connectivity index (χ3n) is 5.32. The minimum absolute atomic E-state index is 0.0565. The predicted octanol–water partition coefficient (Wildman–Crippen LogP) is -0.194. The van der Waals surface area contributed by atoms with Crippen LogP contribution >= 0.6 is 0 Å². The van der Waals surface area contributed by atoms with Crippen LogP contribution < -0.4 is 9.47 Å². The molecule has 5 atom stereocenters. The number of carbonyl (C=O) groups excluding carboxylic acids is 1. The van der Waals surface area contributed by atoms with Gasteiger partial charge in [0.25, 0.3) is 0 Å². The number of aromatic hydroxyl groups is 3. The number of rotatable bonds is 8. The molecule has 180 valence electrons. The van der Waals surface area contributed by atoms with Crippen LogP contribution in [0.2, 0.25) is 0 Å². The van der Waals surface area contributed by atoms with Crippen LogP contribution in [0.4, 0.5) is 0 Å². The second kappa shape index (κ2) is 10.2. The lowest BCUT2D eigenvalue weighted by atomic mass is 9.99. The maximum atomic E-state index is 12.9. The van der Waals surface area contributed by atoms with Crippen LogP contribution in [0.1, 0.15) is 22.3 Å². The van der Waals surface area contributed by atoms with Crippen molar-refractivity contribution in [3.8, 4) is 28.7 Å². The summed E-state index contributed by atoms with van der Waals surface area (Å²) < 4.78 is 15.8. The van der Waals surface area contributed by atoms with Crippen molar-refractivity contribution in [2.75, 3.05) is 13.7 Å². The molecule has 2 unspecified atom stereocenters. The Morgan fingerprint density at radius 1 is 0.970 bits per heavy atom. The van der Waals surface area contributed by atoms with Crippen molar-refractivity contribution in [1.82, 2.24) is 0 Å². The smallest absolute Gasteiger partial charge is 0.229 e. The molecule has 0 aliphatic carbocycles. The van der Waals surface area contributed by atoms with Gasteiger partial charge in [0, 0.05) is 18.6 Å². The normalized spacial score (nSPS) is 24.9. The Kier molecular flexibility index (Phi) is 7.61. The van der Waals surface area contributed by atoms with Gasteiger partial charge >= 0.3 is 0 Å². The first-order chi connectivity index (χ1) is 15.7. The molecule has 0 bridgehead atoms. The Balaban J connectivity index is 1.82. The van der Waals surface area contributed by atoms with Crippen LogP contribution in [-0.2, 0) is 11.2 Å². The maximum Gasteiger partial charge on any atom is 0.229 e. The van der Waals surface area contributed by atoms with Gasteiger partial charge in [-0.3, -0.25) is 4.79 Å². The van der Waals surface area contributed by atoms with Gasteiger partial charge in [-0.1, -0.05) is 6.07 Å². The van der Waals surface area contributed by atoms with E-state index in [-0.39, 0.29) is 35.7 Å². The minimum Gasteiger partial charge on any atom is -0.508 e. The Labute approximate surface area is 188 Å². The van der Waals surface area contributed by atoms with E-state index in [1.54, 1.807) is 12.1 Å². The fraction of sp³-hybridized carbons (Fsp3) is 0.409. The standard InChI is InChI=1S/C22H26O11/c1-31-15-6-10(2-4-12(15)25)3-5-13(26)18-14(27)7-11(24)8-16(18)32-22-21(30)20(29)19(28)17(9-23)33-22/h2,4,6-8,17,19-25,27-30H,3,5,9H2,1H3/t17?,19-,20+,21?,22-/m1/s1. The van der Waals surface area contributed by atoms with Crippen LogP contribution in [0.3, 0.4) is 0 Å². The zero-order chi connectivity index (χ0) is 24.3. The molecule has 0 aromatic heterocycles. The number of carbonyl (C=O) groups is 1. The van der Waals surface area contributed by atoms with Crippen molar-refractivity contribution in [3.63, 3.8) is 0 Å². The molecule has 1 saturated heterocycles. The highest BCUT2D eigenvalue weighted by Crippen LogP contribution is 2.36.